The molecule has 0 aliphatic carbocycles. The Morgan fingerprint density at radius 3 is 2.67 bits per heavy atom. The van der Waals surface area contributed by atoms with Crippen LogP contribution in [0.25, 0.3) is 0 Å². The van der Waals surface area contributed by atoms with Gasteiger partial charge < -0.3 is 5.73 Å². The first-order valence-corrected chi connectivity index (χ1v) is 8.72. The quantitative estimate of drug-likeness (QED) is 0.791. The SMILES string of the molecule is CCC(CSC)NS(=O)(=O)c1ccc(N)c(Cl)c1. The molecule has 0 bridgehead atoms. The average Bonchev–Trinajstić information content (AvgIpc) is 2.31. The number of hydrogen-bond acceptors (Lipinski definition) is 4. The normalized spacial score (nSPS) is 13.5. The van der Waals surface area contributed by atoms with Gasteiger partial charge in [0, 0.05) is 11.8 Å². The number of anilines is 1. The van der Waals surface area contributed by atoms with Crippen LogP contribution in [-0.4, -0.2) is 26.5 Å². The molecule has 1 atom stereocenters. The lowest BCUT2D eigenvalue weighted by atomic mass is 10.3. The number of nitrogen functional groups attached to an aromatic ring is 1. The first-order chi connectivity index (χ1) is 8.40. The van der Waals surface area contributed by atoms with Crippen LogP contribution in [0.2, 0.25) is 5.02 Å². The minimum absolute atomic E-state index is 0.0821. The molecule has 4 nitrogen and oxygen atoms in total. The number of halogens is 1. The van der Waals surface area contributed by atoms with E-state index >= 15 is 0 Å². The van der Waals surface area contributed by atoms with Crippen LogP contribution >= 0.6 is 23.4 Å². The molecule has 0 aliphatic heterocycles. The van der Waals surface area contributed by atoms with Gasteiger partial charge in [-0.1, -0.05) is 18.5 Å². The van der Waals surface area contributed by atoms with Crippen LogP contribution in [-0.2, 0) is 10.0 Å². The highest BCUT2D eigenvalue weighted by atomic mass is 35.5. The second-order valence-electron chi connectivity index (χ2n) is 3.87. The van der Waals surface area contributed by atoms with Crippen LogP contribution in [0.5, 0.6) is 0 Å². The summed E-state index contributed by atoms with van der Waals surface area (Å²) >= 11 is 7.43. The smallest absolute Gasteiger partial charge is 0.240 e. The van der Waals surface area contributed by atoms with Gasteiger partial charge in [0.1, 0.15) is 0 Å². The van der Waals surface area contributed by atoms with E-state index in [1.54, 1.807) is 11.8 Å². The third kappa shape index (κ3) is 4.05. The lowest BCUT2D eigenvalue weighted by Gasteiger charge is -2.16. The van der Waals surface area contributed by atoms with Crippen LogP contribution in [0.4, 0.5) is 5.69 Å². The molecule has 0 saturated heterocycles. The Balaban J connectivity index is 2.95. The van der Waals surface area contributed by atoms with E-state index < -0.39 is 10.0 Å². The van der Waals surface area contributed by atoms with E-state index in [2.05, 4.69) is 4.72 Å². The monoisotopic (exact) mass is 308 g/mol. The standard InChI is InChI=1S/C11H17ClN2O2S2/c1-3-8(7-17-2)14-18(15,16)9-4-5-11(13)10(12)6-9/h4-6,8,14H,3,7,13H2,1-2H3. The number of thioether (sulfide) groups is 1. The van der Waals surface area contributed by atoms with E-state index in [-0.39, 0.29) is 16.0 Å². The van der Waals surface area contributed by atoms with Crippen molar-refractivity contribution in [2.45, 2.75) is 24.3 Å². The number of nitrogens with two attached hydrogens (primary N) is 1. The Bertz CT molecular complexity index is 506. The first kappa shape index (κ1) is 15.6. The maximum Gasteiger partial charge on any atom is 0.240 e. The van der Waals surface area contributed by atoms with Crippen molar-refractivity contribution in [3.8, 4) is 0 Å². The Labute approximate surface area is 117 Å². The molecule has 0 amide bonds. The maximum atomic E-state index is 12.1. The van der Waals surface area contributed by atoms with Gasteiger partial charge in [0.15, 0.2) is 0 Å². The van der Waals surface area contributed by atoms with E-state index in [0.29, 0.717) is 5.69 Å². The zero-order chi connectivity index (χ0) is 13.8. The summed E-state index contributed by atoms with van der Waals surface area (Å²) in [6, 6.07) is 4.23. The van der Waals surface area contributed by atoms with Crippen LogP contribution in [0.1, 0.15) is 13.3 Å². The van der Waals surface area contributed by atoms with E-state index in [4.69, 9.17) is 17.3 Å². The largest absolute Gasteiger partial charge is 0.398 e. The van der Waals surface area contributed by atoms with Crippen molar-refractivity contribution >= 4 is 39.1 Å². The number of benzene rings is 1. The van der Waals surface area contributed by atoms with Gasteiger partial charge in [0.05, 0.1) is 15.6 Å². The second-order valence-corrected chi connectivity index (χ2v) is 6.90. The van der Waals surface area contributed by atoms with Crippen molar-refractivity contribution in [2.75, 3.05) is 17.7 Å². The highest BCUT2D eigenvalue weighted by Crippen LogP contribution is 2.22. The lowest BCUT2D eigenvalue weighted by molar-refractivity contribution is 0.558. The molecule has 0 heterocycles. The average molecular weight is 309 g/mol. The summed E-state index contributed by atoms with van der Waals surface area (Å²) in [7, 11) is -3.54. The Morgan fingerprint density at radius 1 is 1.50 bits per heavy atom. The Morgan fingerprint density at radius 2 is 2.17 bits per heavy atom. The van der Waals surface area contributed by atoms with Crippen molar-refractivity contribution in [2.24, 2.45) is 0 Å². The summed E-state index contributed by atoms with van der Waals surface area (Å²) in [5, 5.41) is 0.246. The zero-order valence-electron chi connectivity index (χ0n) is 10.3. The van der Waals surface area contributed by atoms with Gasteiger partial charge in [-0.2, -0.15) is 11.8 Å². The molecule has 1 unspecified atom stereocenters. The molecule has 0 aliphatic rings. The predicted octanol–water partition coefficient (Wildman–Crippen LogP) is 2.34. The molecule has 7 heteroatoms. The van der Waals surface area contributed by atoms with Gasteiger partial charge in [0.25, 0.3) is 0 Å². The molecular weight excluding hydrogens is 292 g/mol. The van der Waals surface area contributed by atoms with E-state index in [1.165, 1.54) is 18.2 Å². The van der Waals surface area contributed by atoms with Crippen molar-refractivity contribution in [1.82, 2.24) is 4.72 Å². The molecule has 1 aromatic rings. The summed E-state index contributed by atoms with van der Waals surface area (Å²) < 4.78 is 26.9. The van der Waals surface area contributed by atoms with Gasteiger partial charge in [-0.05, 0) is 30.9 Å². The molecule has 102 valence electrons. The van der Waals surface area contributed by atoms with E-state index in [1.807, 2.05) is 13.2 Å². The van der Waals surface area contributed by atoms with Crippen LogP contribution in [0, 0.1) is 0 Å². The van der Waals surface area contributed by atoms with Gasteiger partial charge in [-0.15, -0.1) is 0 Å². The molecule has 0 saturated carbocycles. The second kappa shape index (κ2) is 6.65. The molecule has 18 heavy (non-hydrogen) atoms. The molecule has 0 fully saturated rings. The molecular formula is C11H17ClN2O2S2. The van der Waals surface area contributed by atoms with Gasteiger partial charge in [-0.3, -0.25) is 0 Å². The Hall–Kier alpha value is -0.430. The number of nitrogens with one attached hydrogen (secondary N) is 1. The third-order valence-electron chi connectivity index (χ3n) is 2.46. The maximum absolute atomic E-state index is 12.1. The fraction of sp³-hybridized carbons (Fsp3) is 0.455. The number of sulfonamides is 1. The Kier molecular flexibility index (Phi) is 5.78. The molecule has 1 aromatic carbocycles. The summed E-state index contributed by atoms with van der Waals surface area (Å²) in [5.74, 6) is 0.735. The summed E-state index contributed by atoms with van der Waals surface area (Å²) in [6.45, 7) is 1.94. The lowest BCUT2D eigenvalue weighted by Crippen LogP contribution is -2.36. The molecule has 0 aromatic heterocycles. The van der Waals surface area contributed by atoms with Gasteiger partial charge in [0.2, 0.25) is 10.0 Å². The number of rotatable bonds is 6. The minimum atomic E-state index is -3.54. The third-order valence-corrected chi connectivity index (χ3v) is 5.05. The first-order valence-electron chi connectivity index (χ1n) is 5.47. The molecule has 1 rings (SSSR count). The predicted molar refractivity (Wildman–Crippen MR) is 78.6 cm³/mol. The van der Waals surface area contributed by atoms with Crippen molar-refractivity contribution < 1.29 is 8.42 Å². The zero-order valence-corrected chi connectivity index (χ0v) is 12.7. The van der Waals surface area contributed by atoms with Crippen LogP contribution < -0.4 is 10.5 Å². The van der Waals surface area contributed by atoms with Gasteiger partial charge >= 0.3 is 0 Å². The van der Waals surface area contributed by atoms with Gasteiger partial charge in [-0.25, -0.2) is 13.1 Å². The molecule has 3 N–H and O–H groups in total. The topological polar surface area (TPSA) is 72.2 Å². The number of hydrogen-bond donors (Lipinski definition) is 2. The fourth-order valence-electron chi connectivity index (χ4n) is 1.40. The van der Waals surface area contributed by atoms with Crippen LogP contribution in [0.3, 0.4) is 0 Å². The summed E-state index contributed by atoms with van der Waals surface area (Å²) in [4.78, 5) is 0.140. The highest BCUT2D eigenvalue weighted by molar-refractivity contribution is 7.98. The van der Waals surface area contributed by atoms with Crippen molar-refractivity contribution in [3.05, 3.63) is 23.2 Å². The minimum Gasteiger partial charge on any atom is -0.398 e. The molecule has 0 spiro atoms. The van der Waals surface area contributed by atoms with Crippen molar-refractivity contribution in [3.63, 3.8) is 0 Å². The fourth-order valence-corrected chi connectivity index (χ4v) is 3.82. The highest BCUT2D eigenvalue weighted by Gasteiger charge is 2.19. The van der Waals surface area contributed by atoms with Crippen LogP contribution in [0.15, 0.2) is 23.1 Å². The summed E-state index contributed by atoms with van der Waals surface area (Å²) in [5.41, 5.74) is 5.92. The van der Waals surface area contributed by atoms with E-state index in [0.717, 1.165) is 12.2 Å². The molecule has 0 radical (unpaired) electrons. The van der Waals surface area contributed by atoms with E-state index in [9.17, 15) is 8.42 Å². The van der Waals surface area contributed by atoms with Crippen molar-refractivity contribution in [1.29, 1.82) is 0 Å². The summed E-state index contributed by atoms with van der Waals surface area (Å²) in [6.07, 6.45) is 2.68.